The molecule has 6 aromatic rings. The van der Waals surface area contributed by atoms with Crippen LogP contribution in [0.4, 0.5) is 28.4 Å². The molecule has 0 aliphatic heterocycles. The molecule has 0 amide bonds. The van der Waals surface area contributed by atoms with Crippen LogP contribution in [0.15, 0.2) is 125 Å². The molecule has 0 saturated carbocycles. The topological polar surface area (TPSA) is 282 Å². The zero-order chi connectivity index (χ0) is 37.2. The highest BCUT2D eigenvalue weighted by Crippen LogP contribution is 2.50. The van der Waals surface area contributed by atoms with Gasteiger partial charge in [-0.2, -0.15) is 16.8 Å². The Bertz CT molecular complexity index is 2650. The average molecular weight is 788 g/mol. The van der Waals surface area contributed by atoms with E-state index in [1.165, 1.54) is 24.3 Å². The summed E-state index contributed by atoms with van der Waals surface area (Å²) < 4.78 is 77.4. The van der Waals surface area contributed by atoms with Crippen molar-refractivity contribution in [3.63, 3.8) is 0 Å². The van der Waals surface area contributed by atoms with Gasteiger partial charge >= 0.3 is 0 Å². The summed E-state index contributed by atoms with van der Waals surface area (Å²) in [6.07, 6.45) is 0. The van der Waals surface area contributed by atoms with Gasteiger partial charge in [-0.15, -0.1) is 29.1 Å². The highest BCUT2D eigenvalue weighted by atomic mass is 32.2. The average Bonchev–Trinajstić information content (AvgIpc) is 3.10. The van der Waals surface area contributed by atoms with Crippen LogP contribution in [-0.2, 0) is 39.0 Å². The van der Waals surface area contributed by atoms with Gasteiger partial charge in [0, 0.05) is 15.7 Å². The minimum absolute atomic E-state index is 0.0393. The Balaban J connectivity index is 1.55. The van der Waals surface area contributed by atoms with Crippen molar-refractivity contribution in [2.24, 2.45) is 20.5 Å². The van der Waals surface area contributed by atoms with E-state index in [-0.39, 0.29) is 37.3 Å². The lowest BCUT2D eigenvalue weighted by Gasteiger charge is -2.14. The van der Waals surface area contributed by atoms with Gasteiger partial charge < -0.3 is 10.8 Å². The Morgan fingerprint density at radius 2 is 1.31 bits per heavy atom. The number of azo groups is 2. The van der Waals surface area contributed by atoms with Crippen LogP contribution in [0, 0.1) is 0 Å². The van der Waals surface area contributed by atoms with E-state index in [0.717, 1.165) is 23.6 Å². The molecule has 52 heavy (non-hydrogen) atoms. The number of hydrogen-bond donors (Lipinski definition) is 6. The second kappa shape index (κ2) is 15.0. The van der Waals surface area contributed by atoms with Crippen molar-refractivity contribution in [2.45, 2.75) is 19.6 Å². The summed E-state index contributed by atoms with van der Waals surface area (Å²) >= 11 is 0.827. The molecule has 0 fully saturated rings. The Morgan fingerprint density at radius 3 is 2.04 bits per heavy atom. The van der Waals surface area contributed by atoms with E-state index in [0.29, 0.717) is 40.5 Å². The zero-order valence-electron chi connectivity index (χ0n) is 25.6. The molecule has 268 valence electrons. The molecule has 0 bridgehead atoms. The van der Waals surface area contributed by atoms with Crippen molar-refractivity contribution < 1.29 is 60.3 Å². The fourth-order valence-corrected chi connectivity index (χ4v) is 7.30. The van der Waals surface area contributed by atoms with E-state index >= 15 is 0 Å². The highest BCUT2D eigenvalue weighted by molar-refractivity contribution is 7.95. The molecule has 22 heteroatoms. The minimum Gasteiger partial charge on any atom is -0.505 e. The van der Waals surface area contributed by atoms with Crippen LogP contribution in [0.1, 0.15) is 0 Å². The predicted octanol–water partition coefficient (Wildman–Crippen LogP) is 8.61. The normalized spacial score (nSPS) is 12.6. The smallest absolute Gasteiger partial charge is 0.296 e. The molecule has 18 nitrogen and oxygen atoms in total. The monoisotopic (exact) mass is 787 g/mol. The van der Waals surface area contributed by atoms with Crippen LogP contribution in [0.5, 0.6) is 5.75 Å². The highest BCUT2D eigenvalue weighted by Gasteiger charge is 2.26. The SMILES string of the molecule is Nc1c(/N=N/c2cccc3ccccc23)c(S(=O)(=O)O)cc2cc(SOOO)c(/N=N/c3cc(SOOO)cc4cc(S(=O)(=O)O)ccc34)c(O)c12. The Morgan fingerprint density at radius 1 is 0.635 bits per heavy atom. The summed E-state index contributed by atoms with van der Waals surface area (Å²) in [4.78, 5) is -1.09. The number of nitrogens with zero attached hydrogens (tertiary/aromatic N) is 4. The molecule has 0 saturated heterocycles. The second-order valence-corrected chi connectivity index (χ2v) is 14.8. The largest absolute Gasteiger partial charge is 0.505 e. The number of nitrogens with two attached hydrogens (primary N) is 1. The molecule has 0 aromatic heterocycles. The fourth-order valence-electron chi connectivity index (χ4n) is 5.17. The first kappa shape index (κ1) is 37.0. The maximum Gasteiger partial charge on any atom is 0.296 e. The molecule has 0 aliphatic rings. The third kappa shape index (κ3) is 7.68. The number of anilines is 1. The van der Waals surface area contributed by atoms with E-state index in [1.807, 2.05) is 18.2 Å². The minimum atomic E-state index is -4.99. The van der Waals surface area contributed by atoms with E-state index in [2.05, 4.69) is 39.2 Å². The van der Waals surface area contributed by atoms with Crippen molar-refractivity contribution in [2.75, 3.05) is 5.73 Å². The number of nitrogen functional groups attached to an aromatic ring is 1. The first-order valence-electron chi connectivity index (χ1n) is 14.1. The maximum atomic E-state index is 12.6. The fraction of sp³-hybridized carbons (Fsp3) is 0. The Labute approximate surface area is 300 Å². The van der Waals surface area contributed by atoms with Crippen molar-refractivity contribution in [1.29, 1.82) is 0 Å². The lowest BCUT2D eigenvalue weighted by atomic mass is 10.0. The molecule has 7 N–H and O–H groups in total. The molecule has 0 radical (unpaired) electrons. The molecule has 0 atom stereocenters. The molecule has 0 aliphatic carbocycles. The number of phenolic OH excluding ortho intramolecular Hbond substituents is 1. The second-order valence-electron chi connectivity index (χ2n) is 10.4. The first-order valence-corrected chi connectivity index (χ1v) is 18.4. The van der Waals surface area contributed by atoms with Crippen LogP contribution in [0.25, 0.3) is 32.3 Å². The Kier molecular flexibility index (Phi) is 10.7. The van der Waals surface area contributed by atoms with Crippen molar-refractivity contribution in [3.8, 4) is 5.75 Å². The van der Waals surface area contributed by atoms with Gasteiger partial charge in [0.2, 0.25) is 0 Å². The number of hydrogen-bond acceptors (Lipinski definition) is 18. The van der Waals surface area contributed by atoms with Gasteiger partial charge in [0.15, 0.2) is 5.75 Å². The summed E-state index contributed by atoms with van der Waals surface area (Å²) in [6.45, 7) is 0. The van der Waals surface area contributed by atoms with Crippen LogP contribution in [-0.4, -0.2) is 41.6 Å². The molecule has 6 aromatic carbocycles. The van der Waals surface area contributed by atoms with Gasteiger partial charge in [0.25, 0.3) is 20.2 Å². The number of fused-ring (bicyclic) bond motifs is 3. The summed E-state index contributed by atoms with van der Waals surface area (Å²) in [5.41, 5.74) is 5.52. The summed E-state index contributed by atoms with van der Waals surface area (Å²) in [7, 11) is -9.59. The van der Waals surface area contributed by atoms with Gasteiger partial charge in [-0.25, -0.2) is 10.5 Å². The number of rotatable bonds is 12. The molecule has 0 heterocycles. The van der Waals surface area contributed by atoms with Crippen molar-refractivity contribution >= 4 is 105 Å². The summed E-state index contributed by atoms with van der Waals surface area (Å²) in [6, 6.07) is 21.0. The maximum absolute atomic E-state index is 12.6. The standard InChI is InChI=1S/C30H21N5O13S4/c31-27-26-17(13-25(52(42,43)44)29(27)35-32-22-7-3-5-15-4-1-2-6-20(15)22)12-24(50-48-46-38)28(30(26)36)34-33-23-14-18(49-47-45-37)10-16-11-19(51(39,40)41)8-9-21(16)23/h1-14,36-38H,31H2,(H,39,40,41)(H,42,43,44)/b34-33+,35-32+. The van der Waals surface area contributed by atoms with Gasteiger partial charge in [0.05, 0.1) is 56.3 Å². The van der Waals surface area contributed by atoms with Gasteiger partial charge in [-0.1, -0.05) is 52.5 Å². The molecular formula is C30H21N5O13S4. The summed E-state index contributed by atoms with van der Waals surface area (Å²) in [5.74, 6) is -0.688. The summed E-state index contributed by atoms with van der Waals surface area (Å²) in [5, 5.41) is 54.8. The van der Waals surface area contributed by atoms with Crippen LogP contribution >= 0.6 is 24.1 Å². The van der Waals surface area contributed by atoms with E-state index in [9.17, 15) is 31.0 Å². The van der Waals surface area contributed by atoms with Gasteiger partial charge in [0.1, 0.15) is 16.3 Å². The van der Waals surface area contributed by atoms with Crippen LogP contribution in [0.2, 0.25) is 0 Å². The third-order valence-electron chi connectivity index (χ3n) is 7.36. The number of benzene rings is 6. The molecular weight excluding hydrogens is 767 g/mol. The lowest BCUT2D eigenvalue weighted by Crippen LogP contribution is -2.02. The van der Waals surface area contributed by atoms with Gasteiger partial charge in [-0.3, -0.25) is 9.11 Å². The molecule has 0 unspecified atom stereocenters. The van der Waals surface area contributed by atoms with Crippen LogP contribution in [0.3, 0.4) is 0 Å². The third-order valence-corrected chi connectivity index (χ3v) is 10.3. The van der Waals surface area contributed by atoms with Crippen LogP contribution < -0.4 is 5.73 Å². The lowest BCUT2D eigenvalue weighted by molar-refractivity contribution is -0.432. The molecule has 0 spiro atoms. The predicted molar refractivity (Wildman–Crippen MR) is 187 cm³/mol. The molecule has 6 rings (SSSR count). The zero-order valence-corrected chi connectivity index (χ0v) is 28.9. The Hall–Kier alpha value is -4.82. The quantitative estimate of drug-likeness (QED) is 0.0169. The van der Waals surface area contributed by atoms with E-state index in [1.54, 1.807) is 24.3 Å². The van der Waals surface area contributed by atoms with Crippen molar-refractivity contribution in [3.05, 3.63) is 84.9 Å². The van der Waals surface area contributed by atoms with Gasteiger partial charge in [-0.05, 0) is 58.6 Å². The van der Waals surface area contributed by atoms with Crippen molar-refractivity contribution in [1.82, 2.24) is 0 Å². The first-order chi connectivity index (χ1) is 24.8. The van der Waals surface area contributed by atoms with E-state index < -0.39 is 47.2 Å². The van der Waals surface area contributed by atoms with E-state index in [4.69, 9.17) is 16.2 Å². The number of phenols is 1. The number of aromatic hydroxyl groups is 1.